The Morgan fingerprint density at radius 2 is 1.81 bits per heavy atom. The number of hydrogen-bond acceptors (Lipinski definition) is 3. The van der Waals surface area contributed by atoms with E-state index in [0.717, 1.165) is 22.8 Å². The molecule has 0 aliphatic rings. The van der Waals surface area contributed by atoms with Crippen LogP contribution in [0.1, 0.15) is 5.56 Å². The van der Waals surface area contributed by atoms with Crippen molar-refractivity contribution in [3.63, 3.8) is 0 Å². The van der Waals surface area contributed by atoms with Crippen molar-refractivity contribution in [2.45, 2.75) is 0 Å². The first-order valence-electron chi connectivity index (χ1n) is 6.38. The van der Waals surface area contributed by atoms with Gasteiger partial charge in [-0.3, -0.25) is 0 Å². The van der Waals surface area contributed by atoms with E-state index in [4.69, 9.17) is 14.6 Å². The van der Waals surface area contributed by atoms with E-state index in [0.29, 0.717) is 11.5 Å². The molecule has 4 nitrogen and oxygen atoms in total. The van der Waals surface area contributed by atoms with Crippen LogP contribution in [0, 0.1) is 0 Å². The Balaban J connectivity index is 2.60. The molecule has 1 N–H and O–H groups in total. The smallest absolute Gasteiger partial charge is 0.328 e. The molecule has 0 bridgehead atoms. The summed E-state index contributed by atoms with van der Waals surface area (Å²) in [6.07, 6.45) is 2.62. The molecule has 0 aliphatic carbocycles. The lowest BCUT2D eigenvalue weighted by Crippen LogP contribution is -1.95. The van der Waals surface area contributed by atoms with E-state index in [2.05, 4.69) is 0 Å². The third kappa shape index (κ3) is 3.42. The minimum atomic E-state index is -0.994. The highest BCUT2D eigenvalue weighted by atomic mass is 16.5. The first-order chi connectivity index (χ1) is 10.2. The molecule has 0 amide bonds. The molecule has 21 heavy (non-hydrogen) atoms. The molecule has 0 atom stereocenters. The lowest BCUT2D eigenvalue weighted by atomic mass is 10.0. The Morgan fingerprint density at radius 3 is 2.38 bits per heavy atom. The predicted octanol–water partition coefficient (Wildman–Crippen LogP) is 3.47. The SMILES string of the molecule is COc1cc(/C=C/C(=O)O)cc(-c2ccccc2)c1OC. The van der Waals surface area contributed by atoms with Crippen LogP contribution in [0.4, 0.5) is 0 Å². The van der Waals surface area contributed by atoms with Gasteiger partial charge in [0.15, 0.2) is 11.5 Å². The van der Waals surface area contributed by atoms with Gasteiger partial charge in [-0.05, 0) is 29.3 Å². The van der Waals surface area contributed by atoms with E-state index in [9.17, 15) is 4.79 Å². The van der Waals surface area contributed by atoms with Gasteiger partial charge >= 0.3 is 5.97 Å². The van der Waals surface area contributed by atoms with Gasteiger partial charge in [0.05, 0.1) is 14.2 Å². The molecule has 4 heteroatoms. The zero-order valence-electron chi connectivity index (χ0n) is 11.9. The van der Waals surface area contributed by atoms with E-state index in [1.807, 2.05) is 36.4 Å². The maximum Gasteiger partial charge on any atom is 0.328 e. The highest BCUT2D eigenvalue weighted by molar-refractivity contribution is 5.86. The monoisotopic (exact) mass is 284 g/mol. The number of benzene rings is 2. The maximum absolute atomic E-state index is 10.7. The standard InChI is InChI=1S/C17H16O4/c1-20-15-11-12(8-9-16(18)19)10-14(17(15)21-2)13-6-4-3-5-7-13/h3-11H,1-2H3,(H,18,19)/b9-8+. The number of aliphatic carboxylic acids is 1. The predicted molar refractivity (Wildman–Crippen MR) is 81.7 cm³/mol. The van der Waals surface area contributed by atoms with Crippen LogP contribution >= 0.6 is 0 Å². The van der Waals surface area contributed by atoms with Crippen molar-refractivity contribution in [1.29, 1.82) is 0 Å². The van der Waals surface area contributed by atoms with Gasteiger partial charge in [-0.25, -0.2) is 4.79 Å². The number of carbonyl (C=O) groups is 1. The Morgan fingerprint density at radius 1 is 1.10 bits per heavy atom. The van der Waals surface area contributed by atoms with Crippen LogP contribution in [0.2, 0.25) is 0 Å². The summed E-state index contributed by atoms with van der Waals surface area (Å²) in [7, 11) is 3.13. The van der Waals surface area contributed by atoms with Crippen LogP contribution in [0.5, 0.6) is 11.5 Å². The molecule has 0 fully saturated rings. The first-order valence-corrected chi connectivity index (χ1v) is 6.38. The van der Waals surface area contributed by atoms with E-state index in [1.54, 1.807) is 20.3 Å². The summed E-state index contributed by atoms with van der Waals surface area (Å²) < 4.78 is 10.8. The van der Waals surface area contributed by atoms with Gasteiger partial charge in [0.25, 0.3) is 0 Å². The molecule has 108 valence electrons. The van der Waals surface area contributed by atoms with Crippen molar-refractivity contribution in [1.82, 2.24) is 0 Å². The summed E-state index contributed by atoms with van der Waals surface area (Å²) in [5.74, 6) is 0.186. The number of ether oxygens (including phenoxy) is 2. The quantitative estimate of drug-likeness (QED) is 0.854. The Labute approximate surface area is 123 Å². The van der Waals surface area contributed by atoms with Crippen molar-refractivity contribution in [2.24, 2.45) is 0 Å². The molecule has 0 spiro atoms. The minimum Gasteiger partial charge on any atom is -0.493 e. The lowest BCUT2D eigenvalue weighted by Gasteiger charge is -2.14. The molecule has 0 unspecified atom stereocenters. The molecule has 0 saturated carbocycles. The maximum atomic E-state index is 10.7. The fourth-order valence-corrected chi connectivity index (χ4v) is 2.08. The number of methoxy groups -OCH3 is 2. The van der Waals surface area contributed by atoms with Crippen LogP contribution in [0.3, 0.4) is 0 Å². The minimum absolute atomic E-state index is 0.559. The van der Waals surface area contributed by atoms with Crippen molar-refractivity contribution in [3.8, 4) is 22.6 Å². The van der Waals surface area contributed by atoms with Crippen molar-refractivity contribution >= 4 is 12.0 Å². The van der Waals surface area contributed by atoms with Crippen LogP contribution in [-0.2, 0) is 4.79 Å². The molecule has 2 aromatic rings. The number of carboxylic acids is 1. The fraction of sp³-hybridized carbons (Fsp3) is 0.118. The number of hydrogen-bond donors (Lipinski definition) is 1. The normalized spacial score (nSPS) is 10.6. The van der Waals surface area contributed by atoms with Crippen LogP contribution in [0.15, 0.2) is 48.5 Å². The highest BCUT2D eigenvalue weighted by Gasteiger charge is 2.13. The molecule has 0 aromatic heterocycles. The van der Waals surface area contributed by atoms with Crippen molar-refractivity contribution < 1.29 is 19.4 Å². The second-order valence-electron chi connectivity index (χ2n) is 4.34. The second kappa shape index (κ2) is 6.61. The molecule has 2 rings (SSSR count). The van der Waals surface area contributed by atoms with E-state index < -0.39 is 5.97 Å². The third-order valence-corrected chi connectivity index (χ3v) is 3.00. The molecular formula is C17H16O4. The van der Waals surface area contributed by atoms with E-state index in [1.165, 1.54) is 6.08 Å². The third-order valence-electron chi connectivity index (χ3n) is 3.00. The Bertz CT molecular complexity index is 660. The zero-order chi connectivity index (χ0) is 15.2. The van der Waals surface area contributed by atoms with Gasteiger partial charge in [0.1, 0.15) is 0 Å². The van der Waals surface area contributed by atoms with Crippen molar-refractivity contribution in [2.75, 3.05) is 14.2 Å². The van der Waals surface area contributed by atoms with Crippen molar-refractivity contribution in [3.05, 3.63) is 54.1 Å². The van der Waals surface area contributed by atoms with Gasteiger partial charge < -0.3 is 14.6 Å². The molecular weight excluding hydrogens is 268 g/mol. The fourth-order valence-electron chi connectivity index (χ4n) is 2.08. The van der Waals surface area contributed by atoms with Crippen LogP contribution < -0.4 is 9.47 Å². The van der Waals surface area contributed by atoms with E-state index >= 15 is 0 Å². The van der Waals surface area contributed by atoms with Crippen LogP contribution in [-0.4, -0.2) is 25.3 Å². The molecule has 2 aromatic carbocycles. The summed E-state index contributed by atoms with van der Waals surface area (Å²) in [4.78, 5) is 10.7. The molecule has 0 aliphatic heterocycles. The molecule has 0 heterocycles. The summed E-state index contributed by atoms with van der Waals surface area (Å²) >= 11 is 0. The van der Waals surface area contributed by atoms with Gasteiger partial charge in [0.2, 0.25) is 0 Å². The molecule has 0 saturated heterocycles. The largest absolute Gasteiger partial charge is 0.493 e. The lowest BCUT2D eigenvalue weighted by molar-refractivity contribution is -0.131. The summed E-state index contributed by atoms with van der Waals surface area (Å²) in [5.41, 5.74) is 2.55. The second-order valence-corrected chi connectivity index (χ2v) is 4.34. The Kier molecular flexibility index (Phi) is 4.61. The summed E-state index contributed by atoms with van der Waals surface area (Å²) in [6, 6.07) is 13.3. The van der Waals surface area contributed by atoms with Gasteiger partial charge in [-0.15, -0.1) is 0 Å². The van der Waals surface area contributed by atoms with Crippen LogP contribution in [0.25, 0.3) is 17.2 Å². The average Bonchev–Trinajstić information content (AvgIpc) is 2.52. The zero-order valence-corrected chi connectivity index (χ0v) is 11.9. The summed E-state index contributed by atoms with van der Waals surface area (Å²) in [5, 5.41) is 8.75. The number of rotatable bonds is 5. The topological polar surface area (TPSA) is 55.8 Å². The first kappa shape index (κ1) is 14.7. The Hall–Kier alpha value is -2.75. The molecule has 0 radical (unpaired) electrons. The van der Waals surface area contributed by atoms with Gasteiger partial charge in [-0.1, -0.05) is 30.3 Å². The van der Waals surface area contributed by atoms with Gasteiger partial charge in [0, 0.05) is 11.6 Å². The number of carboxylic acid groups (broad SMARTS) is 1. The van der Waals surface area contributed by atoms with E-state index in [-0.39, 0.29) is 0 Å². The highest BCUT2D eigenvalue weighted by Crippen LogP contribution is 2.39. The van der Waals surface area contributed by atoms with Gasteiger partial charge in [-0.2, -0.15) is 0 Å². The average molecular weight is 284 g/mol. The summed E-state index contributed by atoms with van der Waals surface area (Å²) in [6.45, 7) is 0.